The van der Waals surface area contributed by atoms with E-state index in [0.29, 0.717) is 29.5 Å². The maximum atomic E-state index is 12.5. The number of hydrogen-bond donors (Lipinski definition) is 1. The summed E-state index contributed by atoms with van der Waals surface area (Å²) < 4.78 is 0. The Morgan fingerprint density at radius 3 is 2.11 bits per heavy atom. The van der Waals surface area contributed by atoms with Gasteiger partial charge >= 0.3 is 0 Å². The quantitative estimate of drug-likeness (QED) is 0.376. The van der Waals surface area contributed by atoms with E-state index >= 15 is 0 Å². The van der Waals surface area contributed by atoms with Crippen LogP contribution < -0.4 is 0 Å². The fraction of sp³-hybridized carbons (Fsp3) is 0.909. The number of carbonyl (C=O) groups is 1. The number of Topliss-reactive ketones (excluding diaryl/α,β-unsaturated/α-hetero) is 1. The van der Waals surface area contributed by atoms with E-state index in [1.807, 2.05) is 27.7 Å². The van der Waals surface area contributed by atoms with Crippen LogP contribution in [0.2, 0.25) is 0 Å². The lowest BCUT2D eigenvalue weighted by Crippen LogP contribution is -2.58. The molecule has 3 saturated carbocycles. The molecule has 0 aromatic carbocycles. The van der Waals surface area contributed by atoms with Crippen LogP contribution in [-0.2, 0) is 4.79 Å². The van der Waals surface area contributed by atoms with E-state index in [1.165, 1.54) is 31.3 Å². The monoisotopic (exact) mass is 490 g/mol. The molecule has 3 rings (SSSR count). The van der Waals surface area contributed by atoms with Crippen LogP contribution >= 0.6 is 0 Å². The second kappa shape index (κ2) is 13.3. The molecular weight excluding hydrogens is 428 g/mol. The van der Waals surface area contributed by atoms with Gasteiger partial charge in [-0.15, -0.1) is 0 Å². The number of ketones is 1. The number of fused-ring (bicyclic) bond motifs is 1. The van der Waals surface area contributed by atoms with E-state index in [2.05, 4.69) is 61.5 Å². The van der Waals surface area contributed by atoms with Gasteiger partial charge in [0.1, 0.15) is 5.78 Å². The summed E-state index contributed by atoms with van der Waals surface area (Å²) in [5.74, 6) is 2.90. The van der Waals surface area contributed by atoms with Gasteiger partial charge in [-0.1, -0.05) is 87.3 Å². The van der Waals surface area contributed by atoms with E-state index in [4.69, 9.17) is 0 Å². The number of aliphatic hydroxyl groups is 1. The van der Waals surface area contributed by atoms with Crippen LogP contribution in [0.25, 0.3) is 0 Å². The van der Waals surface area contributed by atoms with Crippen LogP contribution in [0.5, 0.6) is 0 Å². The van der Waals surface area contributed by atoms with E-state index < -0.39 is 0 Å². The van der Waals surface area contributed by atoms with Gasteiger partial charge in [0.15, 0.2) is 0 Å². The van der Waals surface area contributed by atoms with E-state index in [1.54, 1.807) is 0 Å². The Bertz CT molecular complexity index is 691. The predicted octanol–water partition coefficient (Wildman–Crippen LogP) is 9.65. The molecule has 0 heterocycles. The third-order valence-corrected chi connectivity index (χ3v) is 11.4. The normalized spacial score (nSPS) is 41.5. The summed E-state index contributed by atoms with van der Waals surface area (Å²) in [6.45, 7) is 27.0. The molecule has 3 aliphatic carbocycles. The predicted molar refractivity (Wildman–Crippen MR) is 153 cm³/mol. The molecule has 1 N–H and O–H groups in total. The van der Waals surface area contributed by atoms with Crippen molar-refractivity contribution in [3.8, 4) is 0 Å². The van der Waals surface area contributed by atoms with Gasteiger partial charge in [0.25, 0.3) is 0 Å². The molecule has 0 spiro atoms. The molecule has 0 radical (unpaired) electrons. The average Bonchev–Trinajstić information content (AvgIpc) is 3.20. The van der Waals surface area contributed by atoms with Gasteiger partial charge in [-0.25, -0.2) is 0 Å². The Morgan fingerprint density at radius 1 is 1.00 bits per heavy atom. The SMILES string of the molecule is CC.CC.CCC1C(C(O)CCC=C(C)C)CC[C@@]1(C)C1(C)CCC2[C@@H](C)C(=O)CCC2(C)C1C. The zero-order valence-corrected chi connectivity index (χ0v) is 25.8. The first-order valence-corrected chi connectivity index (χ1v) is 15.3. The number of rotatable bonds is 6. The first-order valence-electron chi connectivity index (χ1n) is 15.3. The molecular formula is C33H62O2. The third-order valence-electron chi connectivity index (χ3n) is 11.4. The van der Waals surface area contributed by atoms with Crippen molar-refractivity contribution in [1.82, 2.24) is 0 Å². The van der Waals surface area contributed by atoms with E-state index in [-0.39, 0.29) is 28.3 Å². The zero-order valence-electron chi connectivity index (χ0n) is 25.8. The molecule has 0 saturated heterocycles. The van der Waals surface area contributed by atoms with Gasteiger partial charge in [0, 0.05) is 12.3 Å². The molecule has 2 heteroatoms. The fourth-order valence-electron chi connectivity index (χ4n) is 8.90. The molecule has 0 aromatic rings. The van der Waals surface area contributed by atoms with Gasteiger partial charge in [-0.3, -0.25) is 4.79 Å². The third kappa shape index (κ3) is 5.94. The molecule has 0 aliphatic heterocycles. The summed E-state index contributed by atoms with van der Waals surface area (Å²) >= 11 is 0. The Labute approximate surface area is 220 Å². The maximum Gasteiger partial charge on any atom is 0.136 e. The Hall–Kier alpha value is -0.630. The first-order chi connectivity index (χ1) is 16.4. The molecule has 3 aliphatic rings. The van der Waals surface area contributed by atoms with E-state index in [0.717, 1.165) is 32.1 Å². The number of hydrogen-bond acceptors (Lipinski definition) is 2. The summed E-state index contributed by atoms with van der Waals surface area (Å²) in [6.07, 6.45) is 11.8. The molecule has 0 aromatic heterocycles. The molecule has 0 amide bonds. The minimum absolute atomic E-state index is 0.180. The molecule has 206 valence electrons. The van der Waals surface area contributed by atoms with Crippen molar-refractivity contribution >= 4 is 5.78 Å². The average molecular weight is 491 g/mol. The van der Waals surface area contributed by atoms with Gasteiger partial charge in [-0.2, -0.15) is 0 Å². The van der Waals surface area contributed by atoms with Gasteiger partial charge < -0.3 is 5.11 Å². The highest BCUT2D eigenvalue weighted by atomic mass is 16.3. The summed E-state index contributed by atoms with van der Waals surface area (Å²) in [7, 11) is 0. The van der Waals surface area contributed by atoms with Gasteiger partial charge in [0.2, 0.25) is 0 Å². The summed E-state index contributed by atoms with van der Waals surface area (Å²) in [6, 6.07) is 0. The number of carbonyl (C=O) groups excluding carboxylic acids is 1. The van der Waals surface area contributed by atoms with Crippen LogP contribution in [-0.4, -0.2) is 17.0 Å². The second-order valence-corrected chi connectivity index (χ2v) is 12.6. The number of allylic oxidation sites excluding steroid dienone is 2. The van der Waals surface area contributed by atoms with Crippen molar-refractivity contribution in [3.05, 3.63) is 11.6 Å². The molecule has 0 bridgehead atoms. The van der Waals surface area contributed by atoms with Gasteiger partial charge in [0.05, 0.1) is 6.10 Å². The molecule has 9 atom stereocenters. The van der Waals surface area contributed by atoms with Crippen LogP contribution in [0.3, 0.4) is 0 Å². The van der Waals surface area contributed by atoms with Crippen LogP contribution in [0.15, 0.2) is 11.6 Å². The van der Waals surface area contributed by atoms with E-state index in [9.17, 15) is 9.90 Å². The summed E-state index contributed by atoms with van der Waals surface area (Å²) in [5, 5.41) is 11.2. The van der Waals surface area contributed by atoms with Crippen molar-refractivity contribution in [3.63, 3.8) is 0 Å². The zero-order chi connectivity index (χ0) is 27.2. The van der Waals surface area contributed by atoms with Crippen molar-refractivity contribution in [2.75, 3.05) is 0 Å². The highest BCUT2D eigenvalue weighted by Crippen LogP contribution is 2.70. The largest absolute Gasteiger partial charge is 0.393 e. The number of aliphatic hydroxyl groups excluding tert-OH is 1. The van der Waals surface area contributed by atoms with Crippen molar-refractivity contribution in [1.29, 1.82) is 0 Å². The fourth-order valence-corrected chi connectivity index (χ4v) is 8.90. The second-order valence-electron chi connectivity index (χ2n) is 12.6. The summed E-state index contributed by atoms with van der Waals surface area (Å²) in [5.41, 5.74) is 2.15. The van der Waals surface area contributed by atoms with Crippen LogP contribution in [0, 0.1) is 45.8 Å². The van der Waals surface area contributed by atoms with Crippen molar-refractivity contribution < 1.29 is 9.90 Å². The van der Waals surface area contributed by atoms with Gasteiger partial charge in [-0.05, 0) is 98.7 Å². The lowest BCUT2D eigenvalue weighted by molar-refractivity contribution is -0.166. The Morgan fingerprint density at radius 2 is 1.57 bits per heavy atom. The van der Waals surface area contributed by atoms with Crippen molar-refractivity contribution in [2.24, 2.45) is 45.8 Å². The lowest BCUT2D eigenvalue weighted by Gasteiger charge is -2.64. The first kappa shape index (κ1) is 32.4. The Balaban J connectivity index is 0.00000145. The maximum absolute atomic E-state index is 12.5. The molecule has 3 fully saturated rings. The minimum atomic E-state index is -0.180. The summed E-state index contributed by atoms with van der Waals surface area (Å²) in [4.78, 5) is 12.5. The standard InChI is InChI=1S/C29H50O2.2C2H6/c1-9-23-22(26(31)12-10-11-19(2)3)13-17-29(23,8)28(7)18-14-24-20(4)25(30)15-16-27(24,6)21(28)5;2*1-2/h11,20-24,26,31H,9-10,12-18H2,1-8H3;2*1-2H3/t20-,21?,22?,23?,24?,26?,27?,28?,29-;;/m1../s1. The molecule has 35 heavy (non-hydrogen) atoms. The highest BCUT2D eigenvalue weighted by Gasteiger charge is 2.63. The molecule has 2 nitrogen and oxygen atoms in total. The topological polar surface area (TPSA) is 37.3 Å². The van der Waals surface area contributed by atoms with Crippen LogP contribution in [0.1, 0.15) is 141 Å². The lowest BCUT2D eigenvalue weighted by atomic mass is 9.40. The Kier molecular flexibility index (Phi) is 12.3. The highest BCUT2D eigenvalue weighted by molar-refractivity contribution is 5.82. The smallest absolute Gasteiger partial charge is 0.136 e. The molecule has 7 unspecified atom stereocenters. The van der Waals surface area contributed by atoms with Crippen LogP contribution in [0.4, 0.5) is 0 Å². The minimum Gasteiger partial charge on any atom is -0.393 e. The van der Waals surface area contributed by atoms with Crippen molar-refractivity contribution in [2.45, 2.75) is 147 Å².